The summed E-state index contributed by atoms with van der Waals surface area (Å²) in [5, 5.41) is 14.7. The van der Waals surface area contributed by atoms with Crippen LogP contribution in [0.25, 0.3) is 0 Å². The Morgan fingerprint density at radius 1 is 1.03 bits per heavy atom. The summed E-state index contributed by atoms with van der Waals surface area (Å²) in [7, 11) is 0. The van der Waals surface area contributed by atoms with Gasteiger partial charge in [0.05, 0.1) is 11.1 Å². The molecule has 2 unspecified atom stereocenters. The number of rotatable bonds is 11. The van der Waals surface area contributed by atoms with E-state index in [4.69, 9.17) is 4.74 Å². The van der Waals surface area contributed by atoms with Gasteiger partial charge in [0.2, 0.25) is 0 Å². The van der Waals surface area contributed by atoms with Crippen LogP contribution in [0.3, 0.4) is 0 Å². The molecule has 0 spiro atoms. The Bertz CT molecular complexity index is 1110. The molecule has 1 aliphatic heterocycles. The molecule has 4 rings (SSSR count). The molecule has 1 fully saturated rings. The summed E-state index contributed by atoms with van der Waals surface area (Å²) < 4.78 is 5.29. The van der Waals surface area contributed by atoms with Gasteiger partial charge < -0.3 is 20.5 Å². The molecule has 196 valence electrons. The number of ether oxygens (including phenoxy) is 1. The summed E-state index contributed by atoms with van der Waals surface area (Å²) in [6, 6.07) is 15.7. The van der Waals surface area contributed by atoms with Gasteiger partial charge in [0.25, 0.3) is 11.8 Å². The van der Waals surface area contributed by atoms with Crippen LogP contribution in [0, 0.1) is 11.3 Å². The van der Waals surface area contributed by atoms with Crippen LogP contribution in [0.15, 0.2) is 54.6 Å². The number of fused-ring (bicyclic) bond motifs is 1. The summed E-state index contributed by atoms with van der Waals surface area (Å²) in [4.78, 5) is 50.7. The van der Waals surface area contributed by atoms with Gasteiger partial charge in [-0.25, -0.2) is 9.59 Å². The maximum atomic E-state index is 13.0. The summed E-state index contributed by atoms with van der Waals surface area (Å²) in [5.74, 6) is -0.971. The second-order valence-corrected chi connectivity index (χ2v) is 10.1. The molecule has 0 bridgehead atoms. The SMILES string of the molecule is CC(NC(=O)O)C(CN1C(=O)c2ccccc2C1=O)CC1(CCNC(=O)OCc2ccccc2)CCC1. The Morgan fingerprint density at radius 2 is 1.65 bits per heavy atom. The fraction of sp³-hybridized carbons (Fsp3) is 0.429. The Kier molecular flexibility index (Phi) is 8.11. The molecule has 2 aromatic rings. The van der Waals surface area contributed by atoms with Gasteiger partial charge in [0.15, 0.2) is 0 Å². The van der Waals surface area contributed by atoms with Crippen molar-refractivity contribution in [3.63, 3.8) is 0 Å². The molecule has 0 aromatic heterocycles. The molecule has 1 saturated carbocycles. The van der Waals surface area contributed by atoms with Gasteiger partial charge in [-0.05, 0) is 61.6 Å². The van der Waals surface area contributed by atoms with Crippen molar-refractivity contribution in [2.24, 2.45) is 11.3 Å². The average molecular weight is 508 g/mol. The van der Waals surface area contributed by atoms with E-state index in [-0.39, 0.29) is 36.3 Å². The van der Waals surface area contributed by atoms with E-state index in [2.05, 4.69) is 10.6 Å². The summed E-state index contributed by atoms with van der Waals surface area (Å²) in [5.41, 5.74) is 1.55. The summed E-state index contributed by atoms with van der Waals surface area (Å²) in [6.07, 6.45) is 2.61. The van der Waals surface area contributed by atoms with Gasteiger partial charge in [0, 0.05) is 19.1 Å². The van der Waals surface area contributed by atoms with Crippen molar-refractivity contribution in [3.8, 4) is 0 Å². The maximum Gasteiger partial charge on any atom is 0.407 e. The Morgan fingerprint density at radius 3 is 2.22 bits per heavy atom. The number of benzene rings is 2. The standard InChI is InChI=1S/C28H33N3O6/c1-19(30-26(34)35)21(17-31-24(32)22-10-5-6-11-23(22)25(31)33)16-28(12-7-13-28)14-15-29-27(36)37-18-20-8-3-2-4-9-20/h2-6,8-11,19,21,30H,7,12-18H2,1H3,(H,29,36)(H,34,35). The van der Waals surface area contributed by atoms with Gasteiger partial charge >= 0.3 is 12.2 Å². The maximum absolute atomic E-state index is 13.0. The van der Waals surface area contributed by atoms with E-state index < -0.39 is 18.2 Å². The molecule has 2 aromatic carbocycles. The third-order valence-electron chi connectivity index (χ3n) is 7.60. The normalized spacial score (nSPS) is 17.4. The molecule has 37 heavy (non-hydrogen) atoms. The van der Waals surface area contributed by atoms with Crippen LogP contribution in [0.5, 0.6) is 0 Å². The van der Waals surface area contributed by atoms with Gasteiger partial charge in [-0.15, -0.1) is 0 Å². The van der Waals surface area contributed by atoms with Gasteiger partial charge in [0.1, 0.15) is 6.61 Å². The molecule has 3 N–H and O–H groups in total. The molecule has 1 heterocycles. The van der Waals surface area contributed by atoms with Crippen LogP contribution in [-0.2, 0) is 11.3 Å². The van der Waals surface area contributed by atoms with Gasteiger partial charge in [-0.3, -0.25) is 14.5 Å². The third-order valence-corrected chi connectivity index (χ3v) is 7.60. The number of hydrogen-bond acceptors (Lipinski definition) is 5. The third kappa shape index (κ3) is 6.28. The lowest BCUT2D eigenvalue weighted by Gasteiger charge is -2.46. The van der Waals surface area contributed by atoms with Crippen molar-refractivity contribution in [2.45, 2.75) is 51.7 Å². The van der Waals surface area contributed by atoms with E-state index in [1.54, 1.807) is 31.2 Å². The zero-order valence-electron chi connectivity index (χ0n) is 20.9. The van der Waals surface area contributed by atoms with Crippen LogP contribution in [0.4, 0.5) is 9.59 Å². The Balaban J connectivity index is 1.37. The molecule has 2 aliphatic rings. The van der Waals surface area contributed by atoms with E-state index in [0.717, 1.165) is 24.8 Å². The lowest BCUT2D eigenvalue weighted by molar-refractivity contribution is 0.0461. The van der Waals surface area contributed by atoms with E-state index in [0.29, 0.717) is 30.5 Å². The second-order valence-electron chi connectivity index (χ2n) is 10.1. The smallest absolute Gasteiger partial charge is 0.407 e. The number of carbonyl (C=O) groups is 4. The number of amides is 4. The van der Waals surface area contributed by atoms with Crippen molar-refractivity contribution in [3.05, 3.63) is 71.3 Å². The molecule has 0 saturated heterocycles. The predicted octanol–water partition coefficient (Wildman–Crippen LogP) is 4.43. The Labute approximate surface area is 216 Å². The van der Waals surface area contributed by atoms with Crippen LogP contribution in [0.1, 0.15) is 65.3 Å². The first-order valence-electron chi connectivity index (χ1n) is 12.7. The quantitative estimate of drug-likeness (QED) is 0.387. The minimum Gasteiger partial charge on any atom is -0.465 e. The van der Waals surface area contributed by atoms with Crippen molar-refractivity contribution in [1.82, 2.24) is 15.5 Å². The fourth-order valence-electron chi connectivity index (χ4n) is 5.34. The highest BCUT2D eigenvalue weighted by atomic mass is 16.5. The summed E-state index contributed by atoms with van der Waals surface area (Å²) >= 11 is 0. The molecular weight excluding hydrogens is 474 g/mol. The number of nitrogens with one attached hydrogen (secondary N) is 2. The molecule has 9 heteroatoms. The monoisotopic (exact) mass is 507 g/mol. The zero-order chi connectivity index (χ0) is 26.4. The van der Waals surface area contributed by atoms with Crippen molar-refractivity contribution < 1.29 is 29.0 Å². The highest BCUT2D eigenvalue weighted by Crippen LogP contribution is 2.49. The minimum absolute atomic E-state index is 0.107. The highest BCUT2D eigenvalue weighted by molar-refractivity contribution is 6.21. The Hall–Kier alpha value is -3.88. The van der Waals surface area contributed by atoms with Gasteiger partial charge in [-0.2, -0.15) is 0 Å². The molecule has 9 nitrogen and oxygen atoms in total. The first kappa shape index (κ1) is 26.2. The minimum atomic E-state index is -1.15. The van der Waals surface area contributed by atoms with Crippen LogP contribution in [0.2, 0.25) is 0 Å². The van der Waals surface area contributed by atoms with Gasteiger partial charge in [-0.1, -0.05) is 48.9 Å². The number of alkyl carbamates (subject to hydrolysis) is 1. The first-order chi connectivity index (χ1) is 17.8. The van der Waals surface area contributed by atoms with Crippen molar-refractivity contribution in [1.29, 1.82) is 0 Å². The highest BCUT2D eigenvalue weighted by Gasteiger charge is 2.43. The zero-order valence-corrected chi connectivity index (χ0v) is 20.9. The number of carbonyl (C=O) groups excluding carboxylic acids is 3. The van der Waals surface area contributed by atoms with Crippen LogP contribution < -0.4 is 10.6 Å². The van der Waals surface area contributed by atoms with E-state index in [1.165, 1.54) is 4.90 Å². The lowest BCUT2D eigenvalue weighted by Crippen LogP contribution is -2.48. The van der Waals surface area contributed by atoms with Crippen LogP contribution in [-0.4, -0.2) is 53.1 Å². The van der Waals surface area contributed by atoms with Crippen molar-refractivity contribution in [2.75, 3.05) is 13.1 Å². The number of imide groups is 1. The van der Waals surface area contributed by atoms with E-state index in [9.17, 15) is 24.3 Å². The molecule has 0 radical (unpaired) electrons. The molecule has 1 aliphatic carbocycles. The number of nitrogens with zero attached hydrogens (tertiary/aromatic N) is 1. The lowest BCUT2D eigenvalue weighted by atomic mass is 9.61. The van der Waals surface area contributed by atoms with Crippen molar-refractivity contribution >= 4 is 24.0 Å². The fourth-order valence-corrected chi connectivity index (χ4v) is 5.34. The second kappa shape index (κ2) is 11.5. The number of hydrogen-bond donors (Lipinski definition) is 3. The summed E-state index contributed by atoms with van der Waals surface area (Å²) in [6.45, 7) is 2.51. The predicted molar refractivity (Wildman–Crippen MR) is 136 cm³/mol. The molecular formula is C28H33N3O6. The van der Waals surface area contributed by atoms with E-state index >= 15 is 0 Å². The molecule has 2 atom stereocenters. The van der Waals surface area contributed by atoms with E-state index in [1.807, 2.05) is 30.3 Å². The average Bonchev–Trinajstić information content (AvgIpc) is 3.10. The van der Waals surface area contributed by atoms with Crippen LogP contribution >= 0.6 is 0 Å². The number of carboxylic acid groups (broad SMARTS) is 1. The largest absolute Gasteiger partial charge is 0.465 e. The first-order valence-corrected chi connectivity index (χ1v) is 12.7. The molecule has 4 amide bonds. The topological polar surface area (TPSA) is 125 Å².